The van der Waals surface area contributed by atoms with Crippen molar-refractivity contribution in [3.05, 3.63) is 0 Å². The zero-order chi connectivity index (χ0) is 15.7. The van der Waals surface area contributed by atoms with Gasteiger partial charge in [-0.15, -0.1) is 0 Å². The number of nitrogens with one attached hydrogen (secondary N) is 1. The topological polar surface area (TPSA) is 67.6 Å². The van der Waals surface area contributed by atoms with E-state index >= 15 is 0 Å². The number of ether oxygens (including phenoxy) is 1. The lowest BCUT2D eigenvalue weighted by Gasteiger charge is -2.41. The average molecular weight is 309 g/mol. The highest BCUT2D eigenvalue weighted by atomic mass is 16.5. The summed E-state index contributed by atoms with van der Waals surface area (Å²) in [5, 5.41) is 3.22. The fourth-order valence-electron chi connectivity index (χ4n) is 4.30. The van der Waals surface area contributed by atoms with E-state index in [4.69, 9.17) is 10.5 Å². The molecule has 1 spiro atoms. The van der Waals surface area contributed by atoms with E-state index < -0.39 is 0 Å². The van der Waals surface area contributed by atoms with Crippen molar-refractivity contribution in [2.75, 3.05) is 13.1 Å². The summed E-state index contributed by atoms with van der Waals surface area (Å²) in [6, 6.07) is 0.559. The summed E-state index contributed by atoms with van der Waals surface area (Å²) in [5.74, 6) is 0. The predicted molar refractivity (Wildman–Crippen MR) is 86.6 cm³/mol. The third-order valence-electron chi connectivity index (χ3n) is 5.81. The van der Waals surface area contributed by atoms with Crippen molar-refractivity contribution in [2.24, 2.45) is 11.1 Å². The second-order valence-electron chi connectivity index (χ2n) is 7.81. The molecule has 5 nitrogen and oxygen atoms in total. The van der Waals surface area contributed by atoms with Gasteiger partial charge in [0, 0.05) is 30.6 Å². The van der Waals surface area contributed by atoms with Crippen LogP contribution < -0.4 is 11.1 Å². The van der Waals surface area contributed by atoms with Crippen LogP contribution in [0.5, 0.6) is 0 Å². The van der Waals surface area contributed by atoms with E-state index in [2.05, 4.69) is 19.2 Å². The van der Waals surface area contributed by atoms with Gasteiger partial charge in [0.05, 0.1) is 12.2 Å². The Bertz CT molecular complexity index is 401. The number of hydrogen-bond acceptors (Lipinski definition) is 3. The predicted octanol–water partition coefficient (Wildman–Crippen LogP) is 2.25. The van der Waals surface area contributed by atoms with E-state index in [9.17, 15) is 4.79 Å². The summed E-state index contributed by atoms with van der Waals surface area (Å²) >= 11 is 0. The van der Waals surface area contributed by atoms with Crippen molar-refractivity contribution in [3.8, 4) is 0 Å². The maximum absolute atomic E-state index is 12.5. The molecule has 1 aliphatic heterocycles. The Hall–Kier alpha value is -0.810. The first kappa shape index (κ1) is 16.1. The van der Waals surface area contributed by atoms with Crippen molar-refractivity contribution in [2.45, 2.75) is 83.1 Å². The van der Waals surface area contributed by atoms with E-state index in [0.29, 0.717) is 18.2 Å². The molecule has 3 N–H and O–H groups in total. The van der Waals surface area contributed by atoms with Crippen molar-refractivity contribution < 1.29 is 9.53 Å². The lowest BCUT2D eigenvalue weighted by atomic mass is 9.66. The summed E-state index contributed by atoms with van der Waals surface area (Å²) < 4.78 is 5.87. The van der Waals surface area contributed by atoms with Gasteiger partial charge in [0.1, 0.15) is 0 Å². The number of urea groups is 1. The zero-order valence-corrected chi connectivity index (χ0v) is 14.0. The number of rotatable bonds is 3. The molecule has 126 valence electrons. The molecule has 3 rings (SSSR count). The molecule has 0 radical (unpaired) electrons. The van der Waals surface area contributed by atoms with Crippen LogP contribution in [0.1, 0.15) is 58.8 Å². The minimum absolute atomic E-state index is 0.0902. The fourth-order valence-corrected chi connectivity index (χ4v) is 4.30. The molecule has 3 fully saturated rings. The standard InChI is InChI=1S/C17H31N3O2/c1-12(2)22-14-6-4-13(5-7-14)19-16(21)20-10-15(18)17(11-20)8-3-9-17/h12-15H,3-11,18H2,1-2H3,(H,19,21)/t13?,14?,15-/m0/s1. The molecule has 0 aromatic rings. The highest BCUT2D eigenvalue weighted by Crippen LogP contribution is 2.47. The van der Waals surface area contributed by atoms with E-state index in [1.165, 1.54) is 19.3 Å². The van der Waals surface area contributed by atoms with Crippen molar-refractivity contribution in [1.29, 1.82) is 0 Å². The lowest BCUT2D eigenvalue weighted by Crippen LogP contribution is -2.47. The Morgan fingerprint density at radius 3 is 2.45 bits per heavy atom. The van der Waals surface area contributed by atoms with Gasteiger partial charge in [-0.1, -0.05) is 6.42 Å². The summed E-state index contributed by atoms with van der Waals surface area (Å²) in [7, 11) is 0. The van der Waals surface area contributed by atoms with Gasteiger partial charge in [-0.2, -0.15) is 0 Å². The smallest absolute Gasteiger partial charge is 0.317 e. The lowest BCUT2D eigenvalue weighted by molar-refractivity contribution is -0.0158. The highest BCUT2D eigenvalue weighted by Gasteiger charge is 2.50. The van der Waals surface area contributed by atoms with Crippen LogP contribution in [-0.2, 0) is 4.74 Å². The Morgan fingerprint density at radius 2 is 1.95 bits per heavy atom. The Morgan fingerprint density at radius 1 is 1.27 bits per heavy atom. The average Bonchev–Trinajstić information content (AvgIpc) is 2.78. The van der Waals surface area contributed by atoms with Crippen LogP contribution in [0.4, 0.5) is 4.79 Å². The first-order chi connectivity index (χ1) is 10.5. The Labute approximate surface area is 133 Å². The second-order valence-corrected chi connectivity index (χ2v) is 7.81. The van der Waals surface area contributed by atoms with Crippen molar-refractivity contribution in [3.63, 3.8) is 0 Å². The van der Waals surface area contributed by atoms with Gasteiger partial charge in [0.15, 0.2) is 0 Å². The van der Waals surface area contributed by atoms with Gasteiger partial charge < -0.3 is 20.7 Å². The van der Waals surface area contributed by atoms with Crippen LogP contribution in [-0.4, -0.2) is 48.3 Å². The van der Waals surface area contributed by atoms with Gasteiger partial charge in [-0.25, -0.2) is 4.79 Å². The van der Waals surface area contributed by atoms with Crippen molar-refractivity contribution >= 4 is 6.03 Å². The molecule has 0 aromatic heterocycles. The Balaban J connectivity index is 1.43. The molecule has 0 bridgehead atoms. The molecule has 2 aliphatic carbocycles. The molecular weight excluding hydrogens is 278 g/mol. The van der Waals surface area contributed by atoms with E-state index in [0.717, 1.165) is 38.8 Å². The molecule has 22 heavy (non-hydrogen) atoms. The van der Waals surface area contributed by atoms with Crippen LogP contribution in [0.3, 0.4) is 0 Å². The summed E-state index contributed by atoms with van der Waals surface area (Å²) in [6.45, 7) is 5.74. The van der Waals surface area contributed by atoms with Crippen molar-refractivity contribution in [1.82, 2.24) is 10.2 Å². The van der Waals surface area contributed by atoms with Gasteiger partial charge >= 0.3 is 6.03 Å². The quantitative estimate of drug-likeness (QED) is 0.840. The number of amides is 2. The summed E-state index contributed by atoms with van der Waals surface area (Å²) in [4.78, 5) is 14.4. The Kier molecular flexibility index (Phi) is 4.64. The van der Waals surface area contributed by atoms with Crippen LogP contribution in [0.15, 0.2) is 0 Å². The number of nitrogens with zero attached hydrogens (tertiary/aromatic N) is 1. The monoisotopic (exact) mass is 309 g/mol. The zero-order valence-electron chi connectivity index (χ0n) is 14.0. The van der Waals surface area contributed by atoms with Gasteiger partial charge in [0.2, 0.25) is 0 Å². The molecule has 5 heteroatoms. The van der Waals surface area contributed by atoms with Gasteiger partial charge in [0.25, 0.3) is 0 Å². The minimum atomic E-state index is 0.0902. The summed E-state index contributed by atoms with van der Waals surface area (Å²) in [5.41, 5.74) is 6.50. The SMILES string of the molecule is CC(C)OC1CCC(NC(=O)N2C[C@H](N)C3(CCC3)C2)CC1. The van der Waals surface area contributed by atoms with Crippen LogP contribution in [0.2, 0.25) is 0 Å². The number of likely N-dealkylation sites (tertiary alicyclic amines) is 1. The number of carbonyl (C=O) groups is 1. The van der Waals surface area contributed by atoms with E-state index in [1.807, 2.05) is 4.90 Å². The molecule has 0 unspecified atom stereocenters. The van der Waals surface area contributed by atoms with Gasteiger partial charge in [-0.3, -0.25) is 0 Å². The minimum Gasteiger partial charge on any atom is -0.376 e. The van der Waals surface area contributed by atoms with E-state index in [1.54, 1.807) is 0 Å². The van der Waals surface area contributed by atoms with Crippen LogP contribution >= 0.6 is 0 Å². The molecule has 2 saturated carbocycles. The molecule has 3 aliphatic rings. The van der Waals surface area contributed by atoms with E-state index in [-0.39, 0.29) is 17.5 Å². The third-order valence-corrected chi connectivity index (χ3v) is 5.81. The molecule has 1 atom stereocenters. The first-order valence-corrected chi connectivity index (χ1v) is 8.95. The summed E-state index contributed by atoms with van der Waals surface area (Å²) in [6.07, 6.45) is 8.45. The third kappa shape index (κ3) is 3.25. The first-order valence-electron chi connectivity index (χ1n) is 8.95. The number of nitrogens with two attached hydrogens (primary N) is 1. The molecule has 0 aromatic carbocycles. The molecule has 2 amide bonds. The fraction of sp³-hybridized carbons (Fsp3) is 0.941. The maximum Gasteiger partial charge on any atom is 0.317 e. The van der Waals surface area contributed by atoms with Gasteiger partial charge in [-0.05, 0) is 52.4 Å². The van der Waals surface area contributed by atoms with Crippen LogP contribution in [0.25, 0.3) is 0 Å². The molecule has 1 heterocycles. The number of carbonyl (C=O) groups excluding carboxylic acids is 1. The number of hydrogen-bond donors (Lipinski definition) is 2. The molecule has 1 saturated heterocycles. The largest absolute Gasteiger partial charge is 0.376 e. The maximum atomic E-state index is 12.5. The van der Waals surface area contributed by atoms with Crippen LogP contribution in [0, 0.1) is 5.41 Å². The molecular formula is C17H31N3O2. The highest BCUT2D eigenvalue weighted by molar-refractivity contribution is 5.75. The normalized spacial score (nSPS) is 34.0. The second kappa shape index (κ2) is 6.36.